The van der Waals surface area contributed by atoms with E-state index in [2.05, 4.69) is 10.0 Å². The van der Waals surface area contributed by atoms with Crippen LogP contribution in [0.4, 0.5) is 0 Å². The maximum atomic E-state index is 11.9. The van der Waals surface area contributed by atoms with E-state index in [9.17, 15) is 8.42 Å². The molecular weight excluding hydrogens is 268 g/mol. The van der Waals surface area contributed by atoms with Gasteiger partial charge in [0, 0.05) is 10.9 Å². The fraction of sp³-hybridized carbons (Fsp3) is 0.667. The Kier molecular flexibility index (Phi) is 4.77. The predicted octanol–water partition coefficient (Wildman–Crippen LogP) is 1.87. The molecule has 102 valence electrons. The number of nitrogens with one attached hydrogen (secondary N) is 2. The highest BCUT2D eigenvalue weighted by Gasteiger charge is 2.20. The number of hydrogen-bond donors (Lipinski definition) is 2. The molecule has 18 heavy (non-hydrogen) atoms. The third kappa shape index (κ3) is 4.68. The number of sulfonamides is 1. The van der Waals surface area contributed by atoms with Gasteiger partial charge in [0.2, 0.25) is 10.0 Å². The van der Waals surface area contributed by atoms with Crippen molar-refractivity contribution in [3.8, 4) is 0 Å². The zero-order valence-corrected chi connectivity index (χ0v) is 12.2. The first-order chi connectivity index (χ1) is 8.57. The van der Waals surface area contributed by atoms with E-state index in [0.717, 1.165) is 11.4 Å². The molecule has 1 aliphatic rings. The molecule has 0 spiro atoms. The normalized spacial score (nSPS) is 17.8. The molecule has 0 bridgehead atoms. The van der Waals surface area contributed by atoms with Gasteiger partial charge in [0.25, 0.3) is 0 Å². The van der Waals surface area contributed by atoms with E-state index in [1.165, 1.54) is 12.8 Å². The monoisotopic (exact) mass is 288 g/mol. The van der Waals surface area contributed by atoms with Gasteiger partial charge >= 0.3 is 0 Å². The van der Waals surface area contributed by atoms with E-state index >= 15 is 0 Å². The molecule has 1 aromatic heterocycles. The average Bonchev–Trinajstić information content (AvgIpc) is 2.95. The van der Waals surface area contributed by atoms with Gasteiger partial charge in [-0.3, -0.25) is 0 Å². The molecule has 1 aliphatic carbocycles. The molecule has 0 saturated heterocycles. The lowest BCUT2D eigenvalue weighted by Gasteiger charge is -2.12. The van der Waals surface area contributed by atoms with E-state index in [4.69, 9.17) is 0 Å². The number of rotatable bonds is 8. The lowest BCUT2D eigenvalue weighted by Crippen LogP contribution is -2.30. The molecule has 1 atom stereocenters. The van der Waals surface area contributed by atoms with Crippen LogP contribution < -0.4 is 10.0 Å². The van der Waals surface area contributed by atoms with Crippen LogP contribution in [-0.2, 0) is 10.0 Å². The van der Waals surface area contributed by atoms with Gasteiger partial charge in [-0.1, -0.05) is 6.07 Å². The molecule has 0 radical (unpaired) electrons. The van der Waals surface area contributed by atoms with E-state index in [-0.39, 0.29) is 11.8 Å². The highest BCUT2D eigenvalue weighted by molar-refractivity contribution is 7.89. The van der Waals surface area contributed by atoms with Gasteiger partial charge in [-0.15, -0.1) is 11.3 Å². The molecule has 2 N–H and O–H groups in total. The minimum Gasteiger partial charge on any atom is -0.314 e. The SMILES string of the molecule is CC(NS(=O)(=O)CCCNC1CC1)c1cccs1. The summed E-state index contributed by atoms with van der Waals surface area (Å²) in [6.07, 6.45) is 3.14. The summed E-state index contributed by atoms with van der Waals surface area (Å²) in [6.45, 7) is 2.67. The zero-order chi connectivity index (χ0) is 13.0. The second-order valence-electron chi connectivity index (χ2n) is 4.76. The van der Waals surface area contributed by atoms with E-state index in [1.807, 2.05) is 24.4 Å². The Bertz CT molecular complexity index is 452. The molecule has 0 aromatic carbocycles. The Morgan fingerprint density at radius 3 is 2.89 bits per heavy atom. The minimum atomic E-state index is -3.17. The van der Waals surface area contributed by atoms with Crippen LogP contribution in [0.3, 0.4) is 0 Å². The van der Waals surface area contributed by atoms with E-state index < -0.39 is 10.0 Å². The molecular formula is C12H20N2O2S2. The maximum absolute atomic E-state index is 11.9. The number of thiophene rings is 1. The van der Waals surface area contributed by atoms with E-state index in [0.29, 0.717) is 12.5 Å². The summed E-state index contributed by atoms with van der Waals surface area (Å²) in [4.78, 5) is 1.05. The van der Waals surface area contributed by atoms with Crippen LogP contribution in [0.5, 0.6) is 0 Å². The van der Waals surface area contributed by atoms with Gasteiger partial charge in [-0.25, -0.2) is 13.1 Å². The van der Waals surface area contributed by atoms with Gasteiger partial charge in [-0.2, -0.15) is 0 Å². The fourth-order valence-corrected chi connectivity index (χ4v) is 3.90. The first kappa shape index (κ1) is 14.0. The van der Waals surface area contributed by atoms with Gasteiger partial charge in [0.1, 0.15) is 0 Å². The Labute approximate surface area is 113 Å². The highest BCUT2D eigenvalue weighted by atomic mass is 32.2. The molecule has 1 unspecified atom stereocenters. The largest absolute Gasteiger partial charge is 0.314 e. The molecule has 6 heteroatoms. The molecule has 1 saturated carbocycles. The van der Waals surface area contributed by atoms with Crippen molar-refractivity contribution in [3.05, 3.63) is 22.4 Å². The zero-order valence-electron chi connectivity index (χ0n) is 10.6. The van der Waals surface area contributed by atoms with Crippen LogP contribution >= 0.6 is 11.3 Å². The van der Waals surface area contributed by atoms with Crippen molar-refractivity contribution >= 4 is 21.4 Å². The second-order valence-corrected chi connectivity index (χ2v) is 7.61. The van der Waals surface area contributed by atoms with E-state index in [1.54, 1.807) is 11.3 Å². The van der Waals surface area contributed by atoms with Crippen LogP contribution in [0.1, 0.15) is 37.1 Å². The molecule has 2 rings (SSSR count). The summed E-state index contributed by atoms with van der Waals surface area (Å²) in [5.74, 6) is 0.197. The molecule has 1 fully saturated rings. The predicted molar refractivity (Wildman–Crippen MR) is 75.3 cm³/mol. The Morgan fingerprint density at radius 2 is 2.28 bits per heavy atom. The minimum absolute atomic E-state index is 0.133. The first-order valence-corrected chi connectivity index (χ1v) is 8.87. The average molecular weight is 288 g/mol. The molecule has 0 amide bonds. The second kappa shape index (κ2) is 6.14. The lowest BCUT2D eigenvalue weighted by molar-refractivity contribution is 0.562. The van der Waals surface area contributed by atoms with Crippen LogP contribution in [-0.4, -0.2) is 26.8 Å². The lowest BCUT2D eigenvalue weighted by atomic mass is 10.3. The summed E-state index contributed by atoms with van der Waals surface area (Å²) >= 11 is 1.57. The van der Waals surface area contributed by atoms with Crippen LogP contribution in [0.15, 0.2) is 17.5 Å². The van der Waals surface area contributed by atoms with Crippen LogP contribution in [0.2, 0.25) is 0 Å². The first-order valence-electron chi connectivity index (χ1n) is 6.33. The quantitative estimate of drug-likeness (QED) is 0.718. The van der Waals surface area contributed by atoms with Crippen LogP contribution in [0, 0.1) is 0 Å². The maximum Gasteiger partial charge on any atom is 0.212 e. The van der Waals surface area contributed by atoms with Crippen molar-refractivity contribution in [1.82, 2.24) is 10.0 Å². The number of hydrogen-bond acceptors (Lipinski definition) is 4. The van der Waals surface area contributed by atoms with Crippen molar-refractivity contribution in [1.29, 1.82) is 0 Å². The highest BCUT2D eigenvalue weighted by Crippen LogP contribution is 2.19. The summed E-state index contributed by atoms with van der Waals surface area (Å²) in [6, 6.07) is 4.40. The molecule has 1 aromatic rings. The van der Waals surface area contributed by atoms with Crippen molar-refractivity contribution in [2.45, 2.75) is 38.3 Å². The van der Waals surface area contributed by atoms with Crippen molar-refractivity contribution in [2.24, 2.45) is 0 Å². The summed E-state index contributed by atoms with van der Waals surface area (Å²) in [5.41, 5.74) is 0. The van der Waals surface area contributed by atoms with Crippen LogP contribution in [0.25, 0.3) is 0 Å². The summed E-state index contributed by atoms with van der Waals surface area (Å²) < 4.78 is 26.4. The fourth-order valence-electron chi connectivity index (χ4n) is 1.78. The van der Waals surface area contributed by atoms with Gasteiger partial charge < -0.3 is 5.32 Å². The standard InChI is InChI=1S/C12H20N2O2S2/c1-10(12-4-2-8-17-12)14-18(15,16)9-3-7-13-11-5-6-11/h2,4,8,10-11,13-14H,3,5-7,9H2,1H3. The molecule has 4 nitrogen and oxygen atoms in total. The Morgan fingerprint density at radius 1 is 1.50 bits per heavy atom. The van der Waals surface area contributed by atoms with Gasteiger partial charge in [0.05, 0.1) is 11.8 Å². The van der Waals surface area contributed by atoms with Gasteiger partial charge in [0.15, 0.2) is 0 Å². The van der Waals surface area contributed by atoms with Crippen molar-refractivity contribution in [3.63, 3.8) is 0 Å². The topological polar surface area (TPSA) is 58.2 Å². The third-order valence-electron chi connectivity index (χ3n) is 2.93. The molecule has 0 aliphatic heterocycles. The Hall–Kier alpha value is -0.430. The van der Waals surface area contributed by atoms with Crippen molar-refractivity contribution in [2.75, 3.05) is 12.3 Å². The summed E-state index contributed by atoms with van der Waals surface area (Å²) in [5, 5.41) is 5.28. The summed E-state index contributed by atoms with van der Waals surface area (Å²) in [7, 11) is -3.17. The van der Waals surface area contributed by atoms with Gasteiger partial charge in [-0.05, 0) is 44.2 Å². The van der Waals surface area contributed by atoms with Crippen molar-refractivity contribution < 1.29 is 8.42 Å². The smallest absolute Gasteiger partial charge is 0.212 e. The third-order valence-corrected chi connectivity index (χ3v) is 5.52. The Balaban J connectivity index is 1.72. The molecule has 1 heterocycles.